The highest BCUT2D eigenvalue weighted by Crippen LogP contribution is 2.23. The molecule has 0 aromatic heterocycles. The maximum absolute atomic E-state index is 12.0. The van der Waals surface area contributed by atoms with Gasteiger partial charge in [0.15, 0.2) is 5.78 Å². The molecule has 0 spiro atoms. The van der Waals surface area contributed by atoms with Crippen LogP contribution in [-0.2, 0) is 0 Å². The number of nitrogens with zero attached hydrogens (tertiary/aromatic N) is 1. The average molecular weight is 290 g/mol. The third kappa shape index (κ3) is 3.02. The van der Waals surface area contributed by atoms with E-state index in [1.807, 2.05) is 0 Å². The van der Waals surface area contributed by atoms with E-state index in [-0.39, 0.29) is 12.3 Å². The van der Waals surface area contributed by atoms with Gasteiger partial charge in [-0.05, 0) is 18.2 Å². The highest BCUT2D eigenvalue weighted by molar-refractivity contribution is 6.42. The second-order valence-electron chi connectivity index (χ2n) is 4.38. The molecule has 1 heterocycles. The minimum atomic E-state index is -0.786. The third-order valence-electron chi connectivity index (χ3n) is 2.94. The van der Waals surface area contributed by atoms with Crippen LogP contribution in [0, 0.1) is 0 Å². The van der Waals surface area contributed by atoms with Gasteiger partial charge < -0.3 is 10.2 Å². The van der Waals surface area contributed by atoms with E-state index >= 15 is 0 Å². The van der Waals surface area contributed by atoms with Gasteiger partial charge in [0.1, 0.15) is 0 Å². The molecule has 2 rings (SSSR count). The van der Waals surface area contributed by atoms with Crippen molar-refractivity contribution in [3.05, 3.63) is 33.8 Å². The van der Waals surface area contributed by atoms with Crippen molar-refractivity contribution < 1.29 is 15.0 Å². The van der Waals surface area contributed by atoms with Crippen LogP contribution in [0.25, 0.3) is 0 Å². The van der Waals surface area contributed by atoms with Gasteiger partial charge in [0.2, 0.25) is 0 Å². The lowest BCUT2D eigenvalue weighted by atomic mass is 10.1. The van der Waals surface area contributed by atoms with Crippen LogP contribution in [0.3, 0.4) is 0 Å². The third-order valence-corrected chi connectivity index (χ3v) is 3.68. The van der Waals surface area contributed by atoms with Crippen LogP contribution in [0.1, 0.15) is 10.4 Å². The first kappa shape index (κ1) is 13.8. The number of Topliss-reactive ketones (excluding diaryl/α,β-unsaturated/α-hetero) is 1. The fraction of sp³-hybridized carbons (Fsp3) is 0.417. The molecule has 2 N–H and O–H groups in total. The zero-order valence-corrected chi connectivity index (χ0v) is 11.0. The highest BCUT2D eigenvalue weighted by Gasteiger charge is 2.30. The lowest BCUT2D eigenvalue weighted by Crippen LogP contribution is -2.28. The highest BCUT2D eigenvalue weighted by atomic mass is 35.5. The van der Waals surface area contributed by atoms with E-state index in [1.165, 1.54) is 6.07 Å². The number of hydrogen-bond acceptors (Lipinski definition) is 4. The summed E-state index contributed by atoms with van der Waals surface area (Å²) in [5.74, 6) is -0.116. The summed E-state index contributed by atoms with van der Waals surface area (Å²) in [6, 6.07) is 4.71. The standard InChI is InChI=1S/C12H13Cl2NO3/c13-8-2-1-7(3-9(8)14)10(16)4-15-5-11(17)12(18)6-15/h1-3,11-12,17-18H,4-6H2. The van der Waals surface area contributed by atoms with Gasteiger partial charge in [-0.2, -0.15) is 0 Å². The number of ketones is 1. The van der Waals surface area contributed by atoms with Crippen LogP contribution < -0.4 is 0 Å². The fourth-order valence-corrected chi connectivity index (χ4v) is 2.24. The summed E-state index contributed by atoms with van der Waals surface area (Å²) in [6.07, 6.45) is -1.57. The predicted molar refractivity (Wildman–Crippen MR) is 69.2 cm³/mol. The van der Waals surface area contributed by atoms with Gasteiger partial charge in [0, 0.05) is 18.7 Å². The van der Waals surface area contributed by atoms with E-state index in [0.29, 0.717) is 28.7 Å². The van der Waals surface area contributed by atoms with Crippen LogP contribution in [0.15, 0.2) is 18.2 Å². The topological polar surface area (TPSA) is 60.8 Å². The molecule has 4 nitrogen and oxygen atoms in total. The monoisotopic (exact) mass is 289 g/mol. The summed E-state index contributed by atoms with van der Waals surface area (Å²) in [7, 11) is 0. The van der Waals surface area contributed by atoms with Crippen LogP contribution in [0.2, 0.25) is 10.0 Å². The minimum absolute atomic E-state index is 0.116. The summed E-state index contributed by atoms with van der Waals surface area (Å²) in [5.41, 5.74) is 0.472. The van der Waals surface area contributed by atoms with Crippen molar-refractivity contribution in [2.75, 3.05) is 19.6 Å². The molecule has 6 heteroatoms. The molecule has 0 bridgehead atoms. The number of aliphatic hydroxyl groups excluding tert-OH is 2. The lowest BCUT2D eigenvalue weighted by Gasteiger charge is -2.13. The number of rotatable bonds is 3. The van der Waals surface area contributed by atoms with Crippen molar-refractivity contribution in [1.29, 1.82) is 0 Å². The molecule has 1 aliphatic rings. The molecule has 1 fully saturated rings. The van der Waals surface area contributed by atoms with Crippen molar-refractivity contribution in [2.24, 2.45) is 0 Å². The molecule has 98 valence electrons. The van der Waals surface area contributed by atoms with Gasteiger partial charge >= 0.3 is 0 Å². The Kier molecular flexibility index (Phi) is 4.25. The Morgan fingerprint density at radius 2 is 1.83 bits per heavy atom. The van der Waals surface area contributed by atoms with Gasteiger partial charge in [-0.3, -0.25) is 9.69 Å². The fourth-order valence-electron chi connectivity index (χ4n) is 1.94. The van der Waals surface area contributed by atoms with Crippen molar-refractivity contribution >= 4 is 29.0 Å². The molecule has 0 saturated carbocycles. The summed E-state index contributed by atoms with van der Waals surface area (Å²) in [5, 5.41) is 19.5. The Balaban J connectivity index is 2.02. The summed E-state index contributed by atoms with van der Waals surface area (Å²) in [6.45, 7) is 0.745. The second kappa shape index (κ2) is 5.55. The normalized spacial score (nSPS) is 24.4. The smallest absolute Gasteiger partial charge is 0.176 e. The molecule has 1 aliphatic heterocycles. The second-order valence-corrected chi connectivity index (χ2v) is 5.20. The Bertz CT molecular complexity index is 457. The maximum atomic E-state index is 12.0. The maximum Gasteiger partial charge on any atom is 0.176 e. The zero-order chi connectivity index (χ0) is 13.3. The average Bonchev–Trinajstić information content (AvgIpc) is 2.61. The van der Waals surface area contributed by atoms with Gasteiger partial charge in [-0.25, -0.2) is 0 Å². The molecule has 2 atom stereocenters. The molecule has 0 amide bonds. The largest absolute Gasteiger partial charge is 0.389 e. The van der Waals surface area contributed by atoms with Crippen molar-refractivity contribution in [3.8, 4) is 0 Å². The quantitative estimate of drug-likeness (QED) is 0.822. The van der Waals surface area contributed by atoms with Crippen LogP contribution in [0.4, 0.5) is 0 Å². The molecular weight excluding hydrogens is 277 g/mol. The van der Waals surface area contributed by atoms with Gasteiger partial charge in [-0.15, -0.1) is 0 Å². The molecule has 18 heavy (non-hydrogen) atoms. The molecule has 1 saturated heterocycles. The molecule has 0 radical (unpaired) electrons. The number of β-amino-alcohol motifs (C(OH)–C–C–N with tert-alkyl or cyclic N) is 2. The first-order valence-corrected chi connectivity index (χ1v) is 6.29. The number of benzene rings is 1. The predicted octanol–water partition coefficient (Wildman–Crippen LogP) is 1.21. The van der Waals surface area contributed by atoms with Crippen LogP contribution in [0.5, 0.6) is 0 Å². The summed E-state index contributed by atoms with van der Waals surface area (Å²) in [4.78, 5) is 13.7. The number of aliphatic hydroxyl groups is 2. The van der Waals surface area contributed by atoms with Gasteiger partial charge in [-0.1, -0.05) is 23.2 Å². The number of halogens is 2. The summed E-state index contributed by atoms with van der Waals surface area (Å²) >= 11 is 11.6. The summed E-state index contributed by atoms with van der Waals surface area (Å²) < 4.78 is 0. The first-order valence-electron chi connectivity index (χ1n) is 5.54. The molecule has 1 aromatic rings. The van der Waals surface area contributed by atoms with Gasteiger partial charge in [0.25, 0.3) is 0 Å². The van der Waals surface area contributed by atoms with E-state index in [1.54, 1.807) is 17.0 Å². The zero-order valence-electron chi connectivity index (χ0n) is 9.51. The lowest BCUT2D eigenvalue weighted by molar-refractivity contribution is 0.0572. The van der Waals surface area contributed by atoms with Crippen LogP contribution >= 0.6 is 23.2 Å². The number of carbonyl (C=O) groups is 1. The van der Waals surface area contributed by atoms with Gasteiger partial charge in [0.05, 0.1) is 28.8 Å². The van der Waals surface area contributed by atoms with Crippen molar-refractivity contribution in [1.82, 2.24) is 4.90 Å². The Hall–Kier alpha value is -0.650. The number of hydrogen-bond donors (Lipinski definition) is 2. The minimum Gasteiger partial charge on any atom is -0.389 e. The van der Waals surface area contributed by atoms with Crippen molar-refractivity contribution in [2.45, 2.75) is 12.2 Å². The molecule has 2 unspecified atom stereocenters. The molecular formula is C12H13Cl2NO3. The van der Waals surface area contributed by atoms with E-state index in [2.05, 4.69) is 0 Å². The van der Waals surface area contributed by atoms with Crippen molar-refractivity contribution in [3.63, 3.8) is 0 Å². The van der Waals surface area contributed by atoms with E-state index < -0.39 is 12.2 Å². The van der Waals surface area contributed by atoms with E-state index in [9.17, 15) is 15.0 Å². The Morgan fingerprint density at radius 3 is 2.39 bits per heavy atom. The molecule has 1 aromatic carbocycles. The SMILES string of the molecule is O=C(CN1CC(O)C(O)C1)c1ccc(Cl)c(Cl)c1. The Morgan fingerprint density at radius 1 is 1.22 bits per heavy atom. The molecule has 0 aliphatic carbocycles. The van der Waals surface area contributed by atoms with Crippen LogP contribution in [-0.4, -0.2) is 52.7 Å². The first-order chi connectivity index (χ1) is 8.47. The number of likely N-dealkylation sites (tertiary alicyclic amines) is 1. The van der Waals surface area contributed by atoms with E-state index in [0.717, 1.165) is 0 Å². The Labute approximate surface area is 115 Å². The number of carbonyl (C=O) groups excluding carboxylic acids is 1. The van der Waals surface area contributed by atoms with E-state index in [4.69, 9.17) is 23.2 Å².